The quantitative estimate of drug-likeness (QED) is 0.751. The second-order valence-electron chi connectivity index (χ2n) is 3.73. The zero-order valence-electron chi connectivity index (χ0n) is 8.95. The van der Waals surface area contributed by atoms with E-state index in [1.165, 1.54) is 11.3 Å². The van der Waals surface area contributed by atoms with Gasteiger partial charge in [-0.15, -0.1) is 11.3 Å². The van der Waals surface area contributed by atoms with Gasteiger partial charge in [0.15, 0.2) is 0 Å². The lowest BCUT2D eigenvalue weighted by Gasteiger charge is -2.08. The lowest BCUT2D eigenvalue weighted by atomic mass is 10.1. The molecule has 0 spiro atoms. The molecule has 1 N–H and O–H groups in total. The third kappa shape index (κ3) is 1.92. The van der Waals surface area contributed by atoms with E-state index in [-0.39, 0.29) is 0 Å². The van der Waals surface area contributed by atoms with Crippen LogP contribution in [0, 0.1) is 0 Å². The second-order valence-corrected chi connectivity index (χ2v) is 4.65. The first-order valence-corrected chi connectivity index (χ1v) is 6.15. The van der Waals surface area contributed by atoms with Gasteiger partial charge in [0.1, 0.15) is 11.1 Å². The smallest absolute Gasteiger partial charge is 0.131 e. The fourth-order valence-electron chi connectivity index (χ4n) is 1.78. The number of rotatable bonds is 2. The number of aliphatic hydroxyl groups is 1. The Kier molecular flexibility index (Phi) is 2.59. The molecule has 3 aromatic rings. The molecular formula is C13H10N2OS. The van der Waals surface area contributed by atoms with Gasteiger partial charge in [-0.2, -0.15) is 0 Å². The molecule has 1 aromatic carbocycles. The summed E-state index contributed by atoms with van der Waals surface area (Å²) in [5.74, 6) is 0. The highest BCUT2D eigenvalue weighted by molar-refractivity contribution is 7.09. The van der Waals surface area contributed by atoms with Crippen molar-refractivity contribution in [1.29, 1.82) is 0 Å². The minimum absolute atomic E-state index is 0.653. The van der Waals surface area contributed by atoms with Crippen LogP contribution in [0.5, 0.6) is 0 Å². The fourth-order valence-corrected chi connectivity index (χ4v) is 2.42. The minimum Gasteiger partial charge on any atom is -0.381 e. The normalized spacial score (nSPS) is 12.8. The van der Waals surface area contributed by atoms with E-state index < -0.39 is 6.10 Å². The summed E-state index contributed by atoms with van der Waals surface area (Å²) < 4.78 is 0. The number of hydrogen-bond acceptors (Lipinski definition) is 4. The minimum atomic E-state index is -0.653. The van der Waals surface area contributed by atoms with Crippen molar-refractivity contribution in [3.8, 4) is 0 Å². The van der Waals surface area contributed by atoms with Crippen molar-refractivity contribution in [2.45, 2.75) is 6.10 Å². The van der Waals surface area contributed by atoms with Crippen LogP contribution in [0.15, 0.2) is 48.1 Å². The highest BCUT2D eigenvalue weighted by atomic mass is 32.1. The molecule has 0 radical (unpaired) electrons. The molecule has 0 aliphatic carbocycles. The van der Waals surface area contributed by atoms with Crippen LogP contribution in [0.4, 0.5) is 0 Å². The maximum Gasteiger partial charge on any atom is 0.131 e. The molecule has 2 heterocycles. The molecule has 0 aliphatic rings. The molecule has 0 aliphatic heterocycles. The molecule has 2 aromatic heterocycles. The van der Waals surface area contributed by atoms with E-state index in [2.05, 4.69) is 9.97 Å². The number of fused-ring (bicyclic) bond motifs is 1. The van der Waals surface area contributed by atoms with E-state index in [4.69, 9.17) is 0 Å². The lowest BCUT2D eigenvalue weighted by Crippen LogP contribution is -1.98. The monoisotopic (exact) mass is 242 g/mol. The van der Waals surface area contributed by atoms with Gasteiger partial charge in [0.2, 0.25) is 0 Å². The van der Waals surface area contributed by atoms with E-state index in [0.717, 1.165) is 16.5 Å². The maximum absolute atomic E-state index is 10.2. The molecule has 0 fully saturated rings. The van der Waals surface area contributed by atoms with E-state index in [1.807, 2.05) is 35.7 Å². The summed E-state index contributed by atoms with van der Waals surface area (Å²) in [5, 5.41) is 13.8. The largest absolute Gasteiger partial charge is 0.381 e. The van der Waals surface area contributed by atoms with Gasteiger partial charge >= 0.3 is 0 Å². The SMILES string of the molecule is OC(c1ccc2ncccc2c1)c1nccs1. The van der Waals surface area contributed by atoms with Crippen LogP contribution in [0.3, 0.4) is 0 Å². The van der Waals surface area contributed by atoms with Gasteiger partial charge < -0.3 is 5.11 Å². The van der Waals surface area contributed by atoms with Crippen molar-refractivity contribution in [2.24, 2.45) is 0 Å². The van der Waals surface area contributed by atoms with Gasteiger partial charge in [0.05, 0.1) is 5.52 Å². The van der Waals surface area contributed by atoms with Gasteiger partial charge in [-0.3, -0.25) is 4.98 Å². The lowest BCUT2D eigenvalue weighted by molar-refractivity contribution is 0.220. The average molecular weight is 242 g/mol. The van der Waals surface area contributed by atoms with Crippen LogP contribution in [0.2, 0.25) is 0 Å². The molecule has 3 rings (SSSR count). The third-order valence-corrected chi connectivity index (χ3v) is 3.46. The molecule has 0 saturated heterocycles. The highest BCUT2D eigenvalue weighted by Crippen LogP contribution is 2.25. The molecule has 1 atom stereocenters. The highest BCUT2D eigenvalue weighted by Gasteiger charge is 2.13. The van der Waals surface area contributed by atoms with Gasteiger partial charge in [0.25, 0.3) is 0 Å². The zero-order valence-corrected chi connectivity index (χ0v) is 9.76. The van der Waals surface area contributed by atoms with Crippen molar-refractivity contribution in [2.75, 3.05) is 0 Å². The first kappa shape index (κ1) is 10.4. The molecule has 0 amide bonds. The summed E-state index contributed by atoms with van der Waals surface area (Å²) in [4.78, 5) is 8.38. The second kappa shape index (κ2) is 4.24. The molecule has 17 heavy (non-hydrogen) atoms. The Balaban J connectivity index is 2.06. The van der Waals surface area contributed by atoms with E-state index in [9.17, 15) is 5.11 Å². The Hall–Kier alpha value is -1.78. The molecule has 0 bridgehead atoms. The Morgan fingerprint density at radius 1 is 1.12 bits per heavy atom. The van der Waals surface area contributed by atoms with E-state index in [1.54, 1.807) is 12.4 Å². The first-order chi connectivity index (χ1) is 8.34. The molecular weight excluding hydrogens is 232 g/mol. The van der Waals surface area contributed by atoms with Crippen molar-refractivity contribution < 1.29 is 5.11 Å². The number of thiazole rings is 1. The fraction of sp³-hybridized carbons (Fsp3) is 0.0769. The number of aromatic nitrogens is 2. The van der Waals surface area contributed by atoms with Crippen molar-refractivity contribution in [3.63, 3.8) is 0 Å². The van der Waals surface area contributed by atoms with Crippen molar-refractivity contribution in [1.82, 2.24) is 9.97 Å². The summed E-state index contributed by atoms with van der Waals surface area (Å²) >= 11 is 1.45. The van der Waals surface area contributed by atoms with Gasteiger partial charge in [-0.05, 0) is 23.8 Å². The van der Waals surface area contributed by atoms with Crippen LogP contribution in [-0.2, 0) is 0 Å². The summed E-state index contributed by atoms with van der Waals surface area (Å²) in [5.41, 5.74) is 1.78. The van der Waals surface area contributed by atoms with Gasteiger partial charge in [-0.1, -0.05) is 12.1 Å². The summed E-state index contributed by atoms with van der Waals surface area (Å²) in [6, 6.07) is 9.64. The predicted molar refractivity (Wildman–Crippen MR) is 67.9 cm³/mol. The van der Waals surface area contributed by atoms with E-state index in [0.29, 0.717) is 5.01 Å². The maximum atomic E-state index is 10.2. The summed E-state index contributed by atoms with van der Waals surface area (Å²) in [7, 11) is 0. The Labute approximate surface area is 102 Å². The molecule has 4 heteroatoms. The Morgan fingerprint density at radius 2 is 2.06 bits per heavy atom. The topological polar surface area (TPSA) is 46.0 Å². The number of benzene rings is 1. The molecule has 1 unspecified atom stereocenters. The summed E-state index contributed by atoms with van der Waals surface area (Å²) in [6.07, 6.45) is 2.81. The zero-order chi connectivity index (χ0) is 11.7. The molecule has 0 saturated carbocycles. The third-order valence-electron chi connectivity index (χ3n) is 2.63. The van der Waals surface area contributed by atoms with Gasteiger partial charge in [-0.25, -0.2) is 4.98 Å². The van der Waals surface area contributed by atoms with Crippen molar-refractivity contribution >= 4 is 22.2 Å². The summed E-state index contributed by atoms with van der Waals surface area (Å²) in [6.45, 7) is 0. The number of aliphatic hydroxyl groups excluding tert-OH is 1. The first-order valence-electron chi connectivity index (χ1n) is 5.27. The Morgan fingerprint density at radius 3 is 2.88 bits per heavy atom. The van der Waals surface area contributed by atoms with Crippen LogP contribution in [0.25, 0.3) is 10.9 Å². The van der Waals surface area contributed by atoms with Crippen LogP contribution in [-0.4, -0.2) is 15.1 Å². The Bertz CT molecular complexity index is 637. The van der Waals surface area contributed by atoms with Crippen LogP contribution in [0.1, 0.15) is 16.7 Å². The number of pyridine rings is 1. The number of nitrogens with zero attached hydrogens (tertiary/aromatic N) is 2. The van der Waals surface area contributed by atoms with Gasteiger partial charge in [0, 0.05) is 23.2 Å². The average Bonchev–Trinajstić information content (AvgIpc) is 2.91. The van der Waals surface area contributed by atoms with E-state index >= 15 is 0 Å². The standard InChI is InChI=1S/C13H10N2OS/c16-12(13-15-6-7-17-13)10-3-4-11-9(8-10)2-1-5-14-11/h1-8,12,16H. The van der Waals surface area contributed by atoms with Crippen molar-refractivity contribution in [3.05, 3.63) is 58.7 Å². The number of hydrogen-bond donors (Lipinski definition) is 1. The van der Waals surface area contributed by atoms with Crippen LogP contribution < -0.4 is 0 Å². The molecule has 84 valence electrons. The predicted octanol–water partition coefficient (Wildman–Crippen LogP) is 2.77. The van der Waals surface area contributed by atoms with Crippen LogP contribution >= 0.6 is 11.3 Å². The molecule has 3 nitrogen and oxygen atoms in total.